The van der Waals surface area contributed by atoms with Gasteiger partial charge in [0, 0.05) is 25.0 Å². The SMILES string of the molecule is Cc1ccc(C(=O)NCCNC(=O)c2nc3ccccc3s2)cn1. The highest BCUT2D eigenvalue weighted by atomic mass is 32.1. The van der Waals surface area contributed by atoms with E-state index in [0.717, 1.165) is 15.9 Å². The van der Waals surface area contributed by atoms with Crippen molar-refractivity contribution in [1.82, 2.24) is 20.6 Å². The smallest absolute Gasteiger partial charge is 0.280 e. The van der Waals surface area contributed by atoms with Crippen LogP contribution in [0, 0.1) is 6.92 Å². The summed E-state index contributed by atoms with van der Waals surface area (Å²) in [7, 11) is 0. The molecule has 0 aliphatic rings. The van der Waals surface area contributed by atoms with Gasteiger partial charge in [0.05, 0.1) is 15.8 Å². The van der Waals surface area contributed by atoms with Crippen LogP contribution in [0.3, 0.4) is 0 Å². The van der Waals surface area contributed by atoms with Gasteiger partial charge in [-0.25, -0.2) is 4.98 Å². The Bertz CT molecular complexity index is 841. The highest BCUT2D eigenvalue weighted by Gasteiger charge is 2.11. The van der Waals surface area contributed by atoms with Crippen molar-refractivity contribution < 1.29 is 9.59 Å². The van der Waals surface area contributed by atoms with Crippen molar-refractivity contribution >= 4 is 33.4 Å². The number of para-hydroxylation sites is 1. The Kier molecular flexibility index (Phi) is 4.81. The number of rotatable bonds is 5. The number of nitrogens with zero attached hydrogens (tertiary/aromatic N) is 2. The second kappa shape index (κ2) is 7.18. The third-order valence-corrected chi connectivity index (χ3v) is 4.39. The predicted molar refractivity (Wildman–Crippen MR) is 93.3 cm³/mol. The zero-order valence-corrected chi connectivity index (χ0v) is 13.9. The Morgan fingerprint density at radius 1 is 1.04 bits per heavy atom. The Balaban J connectivity index is 1.48. The van der Waals surface area contributed by atoms with Crippen LogP contribution in [0.4, 0.5) is 0 Å². The number of hydrogen-bond acceptors (Lipinski definition) is 5. The Morgan fingerprint density at radius 2 is 1.79 bits per heavy atom. The molecule has 0 bridgehead atoms. The number of aromatic nitrogens is 2. The van der Waals surface area contributed by atoms with Crippen molar-refractivity contribution in [3.63, 3.8) is 0 Å². The molecule has 0 saturated carbocycles. The number of hydrogen-bond donors (Lipinski definition) is 2. The molecule has 0 aliphatic heterocycles. The molecule has 3 aromatic rings. The lowest BCUT2D eigenvalue weighted by Gasteiger charge is -2.06. The van der Waals surface area contributed by atoms with E-state index < -0.39 is 0 Å². The number of thiazole rings is 1. The van der Waals surface area contributed by atoms with Crippen molar-refractivity contribution in [3.8, 4) is 0 Å². The minimum absolute atomic E-state index is 0.211. The number of aryl methyl sites for hydroxylation is 1. The zero-order valence-electron chi connectivity index (χ0n) is 13.1. The van der Waals surface area contributed by atoms with Gasteiger partial charge in [0.15, 0.2) is 5.01 Å². The molecule has 122 valence electrons. The second-order valence-electron chi connectivity index (χ2n) is 5.19. The van der Waals surface area contributed by atoms with Gasteiger partial charge in [-0.1, -0.05) is 12.1 Å². The van der Waals surface area contributed by atoms with Crippen LogP contribution in [0.5, 0.6) is 0 Å². The van der Waals surface area contributed by atoms with Crippen molar-refractivity contribution in [2.24, 2.45) is 0 Å². The molecule has 0 atom stereocenters. The molecule has 0 saturated heterocycles. The number of amides is 2. The summed E-state index contributed by atoms with van der Waals surface area (Å²) in [5.41, 5.74) is 2.17. The third-order valence-electron chi connectivity index (χ3n) is 3.36. The fourth-order valence-corrected chi connectivity index (χ4v) is 2.98. The fourth-order valence-electron chi connectivity index (χ4n) is 2.10. The zero-order chi connectivity index (χ0) is 16.9. The van der Waals surface area contributed by atoms with Gasteiger partial charge in [0.2, 0.25) is 0 Å². The highest BCUT2D eigenvalue weighted by Crippen LogP contribution is 2.21. The minimum atomic E-state index is -0.234. The highest BCUT2D eigenvalue weighted by molar-refractivity contribution is 7.20. The first-order valence-corrected chi connectivity index (χ1v) is 8.30. The number of fused-ring (bicyclic) bond motifs is 1. The molecule has 7 heteroatoms. The molecule has 2 amide bonds. The third kappa shape index (κ3) is 3.75. The Labute approximate surface area is 142 Å². The van der Waals surface area contributed by atoms with E-state index in [4.69, 9.17) is 0 Å². The average molecular weight is 340 g/mol. The van der Waals surface area contributed by atoms with Gasteiger partial charge in [-0.05, 0) is 31.2 Å². The lowest BCUT2D eigenvalue weighted by molar-refractivity contribution is 0.0927. The van der Waals surface area contributed by atoms with Gasteiger partial charge in [0.25, 0.3) is 11.8 Å². The lowest BCUT2D eigenvalue weighted by Crippen LogP contribution is -2.34. The number of nitrogens with one attached hydrogen (secondary N) is 2. The molecule has 1 aromatic carbocycles. The van der Waals surface area contributed by atoms with Crippen molar-refractivity contribution in [2.45, 2.75) is 6.92 Å². The molecular weight excluding hydrogens is 324 g/mol. The molecule has 0 aliphatic carbocycles. The molecule has 2 aromatic heterocycles. The van der Waals surface area contributed by atoms with E-state index in [1.165, 1.54) is 17.5 Å². The van der Waals surface area contributed by atoms with Gasteiger partial charge in [-0.15, -0.1) is 11.3 Å². The molecule has 0 radical (unpaired) electrons. The first-order chi connectivity index (χ1) is 11.6. The van der Waals surface area contributed by atoms with E-state index in [2.05, 4.69) is 20.6 Å². The summed E-state index contributed by atoms with van der Waals surface area (Å²) in [5, 5.41) is 5.92. The summed E-state index contributed by atoms with van der Waals surface area (Å²) < 4.78 is 0.975. The molecule has 0 spiro atoms. The maximum Gasteiger partial charge on any atom is 0.280 e. The quantitative estimate of drug-likeness (QED) is 0.697. The van der Waals surface area contributed by atoms with Crippen LogP contribution in [-0.2, 0) is 0 Å². The van der Waals surface area contributed by atoms with E-state index in [9.17, 15) is 9.59 Å². The molecule has 6 nitrogen and oxygen atoms in total. The number of benzene rings is 1. The standard InChI is InChI=1S/C17H16N4O2S/c1-11-6-7-12(10-20-11)15(22)18-8-9-19-16(23)17-21-13-4-2-3-5-14(13)24-17/h2-7,10H,8-9H2,1H3,(H,18,22)(H,19,23). The van der Waals surface area contributed by atoms with Gasteiger partial charge in [0.1, 0.15) is 0 Å². The largest absolute Gasteiger partial charge is 0.350 e. The van der Waals surface area contributed by atoms with Crippen LogP contribution in [0.25, 0.3) is 10.2 Å². The average Bonchev–Trinajstić information content (AvgIpc) is 3.03. The van der Waals surface area contributed by atoms with Crippen molar-refractivity contribution in [2.75, 3.05) is 13.1 Å². The van der Waals surface area contributed by atoms with Crippen LogP contribution in [0.1, 0.15) is 25.9 Å². The van der Waals surface area contributed by atoms with E-state index >= 15 is 0 Å². The van der Waals surface area contributed by atoms with E-state index in [0.29, 0.717) is 23.7 Å². The lowest BCUT2D eigenvalue weighted by atomic mass is 10.2. The monoisotopic (exact) mass is 340 g/mol. The summed E-state index contributed by atoms with van der Waals surface area (Å²) in [6.45, 7) is 2.53. The molecule has 3 rings (SSSR count). The molecular formula is C17H16N4O2S. The maximum absolute atomic E-state index is 12.1. The Morgan fingerprint density at radius 3 is 2.50 bits per heavy atom. The van der Waals surface area contributed by atoms with Crippen LogP contribution >= 0.6 is 11.3 Å². The van der Waals surface area contributed by atoms with E-state index in [1.54, 1.807) is 12.1 Å². The molecule has 2 heterocycles. The van der Waals surface area contributed by atoms with Crippen LogP contribution in [0.15, 0.2) is 42.6 Å². The number of carbonyl (C=O) groups is 2. The summed E-state index contributed by atoms with van der Waals surface area (Å²) in [4.78, 5) is 32.4. The van der Waals surface area contributed by atoms with Gasteiger partial charge >= 0.3 is 0 Å². The van der Waals surface area contributed by atoms with Crippen LogP contribution in [-0.4, -0.2) is 34.9 Å². The normalized spacial score (nSPS) is 10.5. The minimum Gasteiger partial charge on any atom is -0.350 e. The van der Waals surface area contributed by atoms with Gasteiger partial charge in [-0.2, -0.15) is 0 Å². The van der Waals surface area contributed by atoms with E-state index in [-0.39, 0.29) is 11.8 Å². The number of pyridine rings is 1. The molecule has 24 heavy (non-hydrogen) atoms. The predicted octanol–water partition coefficient (Wildman–Crippen LogP) is 2.16. The van der Waals surface area contributed by atoms with Crippen LogP contribution < -0.4 is 10.6 Å². The number of carbonyl (C=O) groups excluding carboxylic acids is 2. The maximum atomic E-state index is 12.1. The first-order valence-electron chi connectivity index (χ1n) is 7.48. The van der Waals surface area contributed by atoms with Crippen LogP contribution in [0.2, 0.25) is 0 Å². The fraction of sp³-hybridized carbons (Fsp3) is 0.176. The summed E-state index contributed by atoms with van der Waals surface area (Å²) >= 11 is 1.35. The summed E-state index contributed by atoms with van der Waals surface area (Å²) in [5.74, 6) is -0.445. The topological polar surface area (TPSA) is 84.0 Å². The second-order valence-corrected chi connectivity index (χ2v) is 6.22. The first kappa shape index (κ1) is 16.1. The Hall–Kier alpha value is -2.80. The van der Waals surface area contributed by atoms with E-state index in [1.807, 2.05) is 31.2 Å². The van der Waals surface area contributed by atoms with Gasteiger partial charge < -0.3 is 10.6 Å². The summed E-state index contributed by atoms with van der Waals surface area (Å²) in [6, 6.07) is 11.1. The van der Waals surface area contributed by atoms with Crippen molar-refractivity contribution in [1.29, 1.82) is 0 Å². The summed E-state index contributed by atoms with van der Waals surface area (Å²) in [6.07, 6.45) is 1.53. The molecule has 0 fully saturated rings. The molecule has 0 unspecified atom stereocenters. The van der Waals surface area contributed by atoms with Gasteiger partial charge in [-0.3, -0.25) is 14.6 Å². The van der Waals surface area contributed by atoms with Crippen molar-refractivity contribution in [3.05, 3.63) is 58.9 Å². The molecule has 2 N–H and O–H groups in total.